The van der Waals surface area contributed by atoms with Crippen LogP contribution in [0.2, 0.25) is 0 Å². The van der Waals surface area contributed by atoms with Crippen LogP contribution in [0.15, 0.2) is 184 Å². The Hall–Kier alpha value is -4.96. The summed E-state index contributed by atoms with van der Waals surface area (Å²) in [7, 11) is 0. The third kappa shape index (κ3) is 15.3. The van der Waals surface area contributed by atoms with Crippen molar-refractivity contribution in [1.82, 2.24) is 5.32 Å². The van der Waals surface area contributed by atoms with Crippen LogP contribution in [0.4, 0.5) is 0 Å². The second kappa shape index (κ2) is 23.4. The molecule has 248 valence electrons. The number of allylic oxidation sites excluding steroid dienone is 15. The molecule has 1 aromatic carbocycles. The fourth-order valence-electron chi connectivity index (χ4n) is 4.25. The van der Waals surface area contributed by atoms with E-state index < -0.39 is 0 Å². The predicted octanol–water partition coefficient (Wildman–Crippen LogP) is 11.1. The maximum Gasteiger partial charge on any atom is 0.157 e. The van der Waals surface area contributed by atoms with Crippen LogP contribution in [0.25, 0.3) is 0 Å². The SMILES string of the molecule is C=C/C(C/C=C\C)=C(\C=C/C)NC(/C=C(/C/C=C\C(=C/CC)C(=NC(C)C(=C)/C=C\C=C/C)N=C(N)c1ccccc1)C(=C)C)=C/C. The first-order valence-corrected chi connectivity index (χ1v) is 16.4. The second-order valence-corrected chi connectivity index (χ2v) is 10.9. The molecule has 0 spiro atoms. The lowest BCUT2D eigenvalue weighted by Crippen LogP contribution is -2.17. The quantitative estimate of drug-likeness (QED) is 0.0735. The fourth-order valence-corrected chi connectivity index (χ4v) is 4.25. The van der Waals surface area contributed by atoms with E-state index in [0.29, 0.717) is 18.1 Å². The molecule has 1 atom stereocenters. The lowest BCUT2D eigenvalue weighted by molar-refractivity contribution is 0.887. The summed E-state index contributed by atoms with van der Waals surface area (Å²) in [6.45, 7) is 26.8. The van der Waals surface area contributed by atoms with E-state index in [1.807, 2.05) is 108 Å². The van der Waals surface area contributed by atoms with Gasteiger partial charge >= 0.3 is 0 Å². The molecular formula is C43H56N4. The van der Waals surface area contributed by atoms with Crippen LogP contribution in [0.1, 0.15) is 73.3 Å². The van der Waals surface area contributed by atoms with Gasteiger partial charge in [-0.15, -0.1) is 0 Å². The number of nitrogens with one attached hydrogen (secondary N) is 1. The smallest absolute Gasteiger partial charge is 0.157 e. The number of benzene rings is 1. The minimum atomic E-state index is -0.200. The maximum absolute atomic E-state index is 6.51. The van der Waals surface area contributed by atoms with Gasteiger partial charge in [0.15, 0.2) is 5.84 Å². The molecule has 0 fully saturated rings. The average molecular weight is 629 g/mol. The van der Waals surface area contributed by atoms with Crippen LogP contribution >= 0.6 is 0 Å². The van der Waals surface area contributed by atoms with Crippen LogP contribution in [0, 0.1) is 0 Å². The van der Waals surface area contributed by atoms with Gasteiger partial charge < -0.3 is 11.1 Å². The highest BCUT2D eigenvalue weighted by atomic mass is 15.0. The largest absolute Gasteiger partial charge is 0.383 e. The Labute approximate surface area is 285 Å². The third-order valence-electron chi connectivity index (χ3n) is 7.05. The summed E-state index contributed by atoms with van der Waals surface area (Å²) in [5.41, 5.74) is 14.3. The zero-order chi connectivity index (χ0) is 35.0. The minimum absolute atomic E-state index is 0.200. The van der Waals surface area contributed by atoms with Crippen molar-refractivity contribution in [2.45, 2.75) is 73.8 Å². The molecule has 47 heavy (non-hydrogen) atoms. The minimum Gasteiger partial charge on any atom is -0.383 e. The molecule has 3 N–H and O–H groups in total. The van der Waals surface area contributed by atoms with Gasteiger partial charge in [-0.05, 0) is 89.7 Å². The Morgan fingerprint density at radius 3 is 2.23 bits per heavy atom. The van der Waals surface area contributed by atoms with Gasteiger partial charge in [0, 0.05) is 22.5 Å². The summed E-state index contributed by atoms with van der Waals surface area (Å²) >= 11 is 0. The van der Waals surface area contributed by atoms with Gasteiger partial charge in [0.05, 0.1) is 6.04 Å². The first-order chi connectivity index (χ1) is 22.6. The van der Waals surface area contributed by atoms with E-state index in [1.165, 1.54) is 0 Å². The molecule has 0 aliphatic rings. The van der Waals surface area contributed by atoms with Gasteiger partial charge in [0.1, 0.15) is 5.84 Å². The molecule has 4 heteroatoms. The molecule has 0 aliphatic heterocycles. The van der Waals surface area contributed by atoms with Crippen molar-refractivity contribution < 1.29 is 0 Å². The highest BCUT2D eigenvalue weighted by Gasteiger charge is 2.11. The van der Waals surface area contributed by atoms with Crippen LogP contribution in [-0.4, -0.2) is 17.7 Å². The van der Waals surface area contributed by atoms with E-state index in [4.69, 9.17) is 15.7 Å². The Morgan fingerprint density at radius 1 is 0.936 bits per heavy atom. The Kier molecular flexibility index (Phi) is 19.9. The van der Waals surface area contributed by atoms with Gasteiger partial charge in [-0.2, -0.15) is 0 Å². The number of aliphatic imine (C=N–C) groups is 2. The lowest BCUT2D eigenvalue weighted by atomic mass is 10.0. The molecule has 0 saturated heterocycles. The number of hydrogen-bond acceptors (Lipinski definition) is 2. The molecule has 0 radical (unpaired) electrons. The van der Waals surface area contributed by atoms with Crippen molar-refractivity contribution >= 4 is 11.7 Å². The van der Waals surface area contributed by atoms with Crippen molar-refractivity contribution in [2.24, 2.45) is 15.7 Å². The number of nitrogens with two attached hydrogens (primary N) is 1. The molecule has 0 aliphatic carbocycles. The van der Waals surface area contributed by atoms with Crippen molar-refractivity contribution in [1.29, 1.82) is 0 Å². The van der Waals surface area contributed by atoms with Crippen LogP contribution in [-0.2, 0) is 0 Å². The first-order valence-electron chi connectivity index (χ1n) is 16.4. The van der Waals surface area contributed by atoms with E-state index in [-0.39, 0.29) is 6.04 Å². The zero-order valence-corrected chi connectivity index (χ0v) is 29.8. The highest BCUT2D eigenvalue weighted by Crippen LogP contribution is 2.19. The van der Waals surface area contributed by atoms with Gasteiger partial charge in [-0.3, -0.25) is 4.99 Å². The summed E-state index contributed by atoms with van der Waals surface area (Å²) in [4.78, 5) is 9.85. The summed E-state index contributed by atoms with van der Waals surface area (Å²) in [5.74, 6) is 0.972. The fraction of sp³-hybridized carbons (Fsp3) is 0.256. The Morgan fingerprint density at radius 2 is 1.66 bits per heavy atom. The van der Waals surface area contributed by atoms with Crippen LogP contribution in [0.3, 0.4) is 0 Å². The Bertz CT molecular complexity index is 1530. The van der Waals surface area contributed by atoms with Crippen LogP contribution in [0.5, 0.6) is 0 Å². The maximum atomic E-state index is 6.51. The molecule has 1 rings (SSSR count). The molecule has 0 saturated carbocycles. The van der Waals surface area contributed by atoms with Crippen molar-refractivity contribution in [2.75, 3.05) is 0 Å². The molecule has 4 nitrogen and oxygen atoms in total. The predicted molar refractivity (Wildman–Crippen MR) is 211 cm³/mol. The second-order valence-electron chi connectivity index (χ2n) is 10.9. The monoisotopic (exact) mass is 628 g/mol. The van der Waals surface area contributed by atoms with Gasteiger partial charge in [0.2, 0.25) is 0 Å². The summed E-state index contributed by atoms with van der Waals surface area (Å²) in [5, 5.41) is 3.60. The molecule has 1 unspecified atom stereocenters. The van der Waals surface area contributed by atoms with Gasteiger partial charge in [-0.25, -0.2) is 4.99 Å². The van der Waals surface area contributed by atoms with E-state index in [9.17, 15) is 0 Å². The number of amidine groups is 2. The molecular weight excluding hydrogens is 573 g/mol. The van der Waals surface area contributed by atoms with E-state index in [0.717, 1.165) is 57.7 Å². The standard InChI is InChI=1S/C43H56N4/c1-11-17-20-26-34(9)35(10)45-43(47-42(44)37-28-21-19-22-29-37)38(24-13-3)30-23-31-39(33(7)8)32-40(16-6)46-41(25-14-4)36(15-5)27-18-12-2/h11-12,14-26,28-30,32,35,46H,5,7,9,13,27,31H2,1-4,6,8,10H3,(H2,44,45,47)/b17-11-,18-12-,25-14-,26-20-,30-23-,38-24+,39-32-,40-16+,41-36-. The topological polar surface area (TPSA) is 62.8 Å². The summed E-state index contributed by atoms with van der Waals surface area (Å²) in [6.07, 6.45) is 30.9. The van der Waals surface area contributed by atoms with Crippen molar-refractivity contribution in [3.8, 4) is 0 Å². The molecule has 0 amide bonds. The number of hydrogen-bond donors (Lipinski definition) is 2. The first kappa shape index (κ1) is 40.1. The van der Waals surface area contributed by atoms with E-state index >= 15 is 0 Å². The third-order valence-corrected chi connectivity index (χ3v) is 7.05. The molecule has 1 aromatic rings. The normalized spacial score (nSPS) is 15.3. The summed E-state index contributed by atoms with van der Waals surface area (Å²) in [6, 6.07) is 9.55. The zero-order valence-electron chi connectivity index (χ0n) is 29.8. The number of rotatable bonds is 18. The Balaban J connectivity index is 3.56. The molecule has 0 aromatic heterocycles. The number of nitrogens with zero attached hydrogens (tertiary/aromatic N) is 2. The summed E-state index contributed by atoms with van der Waals surface area (Å²) < 4.78 is 0. The average Bonchev–Trinajstić information content (AvgIpc) is 3.07. The molecule has 0 heterocycles. The van der Waals surface area contributed by atoms with Gasteiger partial charge in [-0.1, -0.05) is 135 Å². The lowest BCUT2D eigenvalue weighted by Gasteiger charge is -2.14. The highest BCUT2D eigenvalue weighted by molar-refractivity contribution is 6.12. The van der Waals surface area contributed by atoms with Gasteiger partial charge in [0.25, 0.3) is 0 Å². The van der Waals surface area contributed by atoms with Crippen molar-refractivity contribution in [3.05, 3.63) is 180 Å². The van der Waals surface area contributed by atoms with Crippen molar-refractivity contribution in [3.63, 3.8) is 0 Å². The van der Waals surface area contributed by atoms with E-state index in [1.54, 1.807) is 0 Å². The van der Waals surface area contributed by atoms with Crippen LogP contribution < -0.4 is 11.1 Å². The van der Waals surface area contributed by atoms with E-state index in [2.05, 4.69) is 80.6 Å². The molecule has 0 bridgehead atoms.